The molecule has 0 spiro atoms. The highest BCUT2D eigenvalue weighted by molar-refractivity contribution is 5.94. The number of nitrogens with one attached hydrogen (secondary N) is 4. The molecule has 0 radical (unpaired) electrons. The van der Waals surface area contributed by atoms with Gasteiger partial charge in [-0.2, -0.15) is 0 Å². The summed E-state index contributed by atoms with van der Waals surface area (Å²) in [4.78, 5) is 77.4. The van der Waals surface area contributed by atoms with Crippen LogP contribution < -0.4 is 21.3 Å². The van der Waals surface area contributed by atoms with E-state index >= 15 is 9.59 Å². The van der Waals surface area contributed by atoms with Crippen LogP contribution in [0.3, 0.4) is 0 Å². The number of nitrogens with zero attached hydrogens (tertiary/aromatic N) is 3. The van der Waals surface area contributed by atoms with Crippen molar-refractivity contribution >= 4 is 40.7 Å². The molecule has 4 N–H and O–H groups in total. The monoisotopic (exact) mass is 1070 g/mol. The van der Waals surface area contributed by atoms with Crippen LogP contribution in [0.1, 0.15) is 66.3 Å². The second-order valence-corrected chi connectivity index (χ2v) is 20.9. The zero-order valence-corrected chi connectivity index (χ0v) is 45.2. The zero-order valence-electron chi connectivity index (χ0n) is 45.2. The van der Waals surface area contributed by atoms with Crippen molar-refractivity contribution in [2.75, 3.05) is 19.6 Å². The lowest BCUT2D eigenvalue weighted by Crippen LogP contribution is -2.58. The quantitative estimate of drug-likeness (QED) is 0.0403. The molecule has 0 bridgehead atoms. The molecule has 4 atom stereocenters. The Labute approximate surface area is 466 Å². The highest BCUT2D eigenvalue weighted by atomic mass is 16.6. The van der Waals surface area contributed by atoms with E-state index in [9.17, 15) is 14.4 Å². The minimum absolute atomic E-state index is 0.0404. The molecule has 1 fully saturated rings. The maximum Gasteiger partial charge on any atom is 0.408 e. The van der Waals surface area contributed by atoms with Crippen LogP contribution in [0.5, 0.6) is 0 Å². The number of carbonyl (C=O) groups excluding carboxylic acids is 5. The van der Waals surface area contributed by atoms with Crippen molar-refractivity contribution in [2.24, 2.45) is 0 Å². The van der Waals surface area contributed by atoms with Gasteiger partial charge < -0.3 is 44.9 Å². The molecule has 80 heavy (non-hydrogen) atoms. The molecule has 5 amide bonds. The van der Waals surface area contributed by atoms with Crippen LogP contribution in [-0.4, -0.2) is 93.8 Å². The molecule has 0 aliphatic carbocycles. The van der Waals surface area contributed by atoms with E-state index in [1.54, 1.807) is 27.1 Å². The number of likely N-dealkylation sites (tertiary alicyclic amines) is 1. The molecule has 0 unspecified atom stereocenters. The van der Waals surface area contributed by atoms with Gasteiger partial charge in [0.15, 0.2) is 0 Å². The highest BCUT2D eigenvalue weighted by Crippen LogP contribution is 2.41. The maximum atomic E-state index is 15.4. The second-order valence-electron chi connectivity index (χ2n) is 20.9. The summed E-state index contributed by atoms with van der Waals surface area (Å²) in [5, 5.41) is 13.5. The Hall–Kier alpha value is -9.08. The predicted octanol–water partition coefficient (Wildman–Crippen LogP) is 9.27. The van der Waals surface area contributed by atoms with Gasteiger partial charge in [-0.1, -0.05) is 188 Å². The van der Waals surface area contributed by atoms with Crippen molar-refractivity contribution < 1.29 is 38.2 Å². The molecule has 0 saturated carbocycles. The summed E-state index contributed by atoms with van der Waals surface area (Å²) in [6.45, 7) is 5.64. The number of imidazole rings is 1. The van der Waals surface area contributed by atoms with Gasteiger partial charge in [-0.3, -0.25) is 14.4 Å². The summed E-state index contributed by atoms with van der Waals surface area (Å²) in [7, 11) is 0. The first-order valence-corrected chi connectivity index (χ1v) is 27.0. The molecule has 1 aliphatic heterocycles. The van der Waals surface area contributed by atoms with Crippen LogP contribution >= 0.6 is 0 Å². The third-order valence-corrected chi connectivity index (χ3v) is 14.0. The lowest BCUT2D eigenvalue weighted by Gasteiger charge is -2.37. The number of rotatable bonds is 21. The maximum absolute atomic E-state index is 15.4. The number of aromatic nitrogens is 2. The SMILES string of the molecule is CC(C)(C)OC(=O)N[C@H](Cc1cn(C(c2ccccc2)(c2ccccc2)c2ccccc2)cn1)C(=O)N[C@H](Cc1ccccc1)C(=O)N1C[C@H](OCc2ccc3ccccc3c2)C[C@@H]1C(=O)NCCNC(=O)OCc1ccccc1. The lowest BCUT2D eigenvalue weighted by molar-refractivity contribution is -0.141. The van der Waals surface area contributed by atoms with Crippen LogP contribution in [-0.2, 0) is 60.2 Å². The van der Waals surface area contributed by atoms with Crippen molar-refractivity contribution in [3.05, 3.63) is 246 Å². The second kappa shape index (κ2) is 26.0. The van der Waals surface area contributed by atoms with Gasteiger partial charge in [0.2, 0.25) is 17.7 Å². The topological polar surface area (TPSA) is 182 Å². The number of benzene rings is 7. The van der Waals surface area contributed by atoms with Gasteiger partial charge in [0.1, 0.15) is 35.9 Å². The first-order valence-electron chi connectivity index (χ1n) is 27.0. The fourth-order valence-corrected chi connectivity index (χ4v) is 10.2. The third kappa shape index (κ3) is 14.1. The summed E-state index contributed by atoms with van der Waals surface area (Å²) < 4.78 is 19.6. The van der Waals surface area contributed by atoms with E-state index in [-0.39, 0.29) is 52.1 Å². The van der Waals surface area contributed by atoms with E-state index in [4.69, 9.17) is 19.2 Å². The van der Waals surface area contributed by atoms with Crippen LogP contribution in [0, 0.1) is 0 Å². The molecule has 9 rings (SSSR count). The predicted molar refractivity (Wildman–Crippen MR) is 306 cm³/mol. The number of ether oxygens (including phenoxy) is 3. The molecule has 1 aromatic heterocycles. The Morgan fingerprint density at radius 1 is 0.588 bits per heavy atom. The van der Waals surface area contributed by atoms with E-state index in [0.29, 0.717) is 5.69 Å². The van der Waals surface area contributed by atoms with E-state index in [2.05, 4.69) is 63.7 Å². The molecule has 1 aliphatic rings. The average molecular weight is 1070 g/mol. The molecular formula is C65H67N7O8. The number of carbonyl (C=O) groups is 5. The van der Waals surface area contributed by atoms with Gasteiger partial charge in [-0.25, -0.2) is 14.6 Å². The van der Waals surface area contributed by atoms with Gasteiger partial charge in [0.05, 0.1) is 24.7 Å². The minimum Gasteiger partial charge on any atom is -0.445 e. The molecule has 15 nitrogen and oxygen atoms in total. The number of hydrogen-bond donors (Lipinski definition) is 4. The van der Waals surface area contributed by atoms with Gasteiger partial charge in [0, 0.05) is 45.1 Å². The summed E-state index contributed by atoms with van der Waals surface area (Å²) in [6, 6.07) is 59.4. The molecular weight excluding hydrogens is 1010 g/mol. The average Bonchev–Trinajstić information content (AvgIpc) is 4.27. The summed E-state index contributed by atoms with van der Waals surface area (Å²) in [5.74, 6) is -1.66. The van der Waals surface area contributed by atoms with E-state index in [1.165, 1.54) is 4.90 Å². The molecule has 2 heterocycles. The summed E-state index contributed by atoms with van der Waals surface area (Å²) in [6.07, 6.45) is 1.69. The number of fused-ring (bicyclic) bond motifs is 1. The molecule has 410 valence electrons. The highest BCUT2D eigenvalue weighted by Gasteiger charge is 2.44. The number of hydrogen-bond acceptors (Lipinski definition) is 9. The van der Waals surface area contributed by atoms with Crippen LogP contribution in [0.4, 0.5) is 9.59 Å². The van der Waals surface area contributed by atoms with E-state index in [1.807, 2.05) is 162 Å². The Balaban J connectivity index is 0.987. The van der Waals surface area contributed by atoms with Gasteiger partial charge >= 0.3 is 12.2 Å². The van der Waals surface area contributed by atoms with Gasteiger partial charge in [-0.15, -0.1) is 0 Å². The summed E-state index contributed by atoms with van der Waals surface area (Å²) in [5.41, 5.74) is 4.07. The zero-order chi connectivity index (χ0) is 55.9. The minimum atomic E-state index is -1.29. The van der Waals surface area contributed by atoms with Crippen molar-refractivity contribution in [3.8, 4) is 0 Å². The van der Waals surface area contributed by atoms with Crippen LogP contribution in [0.2, 0.25) is 0 Å². The first-order chi connectivity index (χ1) is 38.8. The molecule has 15 heteroatoms. The van der Waals surface area contributed by atoms with E-state index < -0.39 is 65.3 Å². The van der Waals surface area contributed by atoms with Crippen molar-refractivity contribution in [1.29, 1.82) is 0 Å². The smallest absolute Gasteiger partial charge is 0.408 e. The van der Waals surface area contributed by atoms with Gasteiger partial charge in [-0.05, 0) is 71.0 Å². The molecule has 8 aromatic rings. The normalized spacial score (nSPS) is 15.1. The van der Waals surface area contributed by atoms with Crippen molar-refractivity contribution in [2.45, 2.75) is 88.6 Å². The summed E-state index contributed by atoms with van der Waals surface area (Å²) >= 11 is 0. The van der Waals surface area contributed by atoms with Crippen molar-refractivity contribution in [1.82, 2.24) is 35.7 Å². The molecule has 1 saturated heterocycles. The number of amides is 5. The van der Waals surface area contributed by atoms with Gasteiger partial charge in [0.25, 0.3) is 0 Å². The van der Waals surface area contributed by atoms with E-state index in [0.717, 1.165) is 44.2 Å². The standard InChI is InChI=1S/C65H67N7O8/c1-64(2,3)80-63(77)70-56(39-54-41-71(45-68-54)65(51-27-13-6-14-28-51,52-29-15-7-16-30-52)53-31-17-8-18-32-53)59(73)69-57(38-46-21-9-4-10-22-46)61(75)72-42-55(78-44-48-33-34-49-25-19-20-26-50(49)37-48)40-58(72)60(74)66-35-36-67-62(76)79-43-47-23-11-5-12-24-47/h4-34,37,41,45,55-58H,35-36,38-40,42-44H2,1-3H3,(H,66,74)(H,67,76)(H,69,73)(H,70,77)/t55-,56-,57-,58-/m1/s1. The Morgan fingerprint density at radius 3 is 1.76 bits per heavy atom. The van der Waals surface area contributed by atoms with Crippen LogP contribution in [0.25, 0.3) is 10.8 Å². The Morgan fingerprint density at radius 2 is 1.15 bits per heavy atom. The largest absolute Gasteiger partial charge is 0.445 e. The first kappa shape index (κ1) is 55.7. The lowest BCUT2D eigenvalue weighted by atomic mass is 9.77. The Kier molecular flexibility index (Phi) is 18.1. The molecule has 7 aromatic carbocycles. The van der Waals surface area contributed by atoms with Crippen LogP contribution in [0.15, 0.2) is 207 Å². The van der Waals surface area contributed by atoms with Crippen molar-refractivity contribution in [3.63, 3.8) is 0 Å². The fraction of sp³-hybridized carbons (Fsp3) is 0.262. The third-order valence-electron chi connectivity index (χ3n) is 14.0. The fourth-order valence-electron chi connectivity index (χ4n) is 10.2. The Bertz CT molecular complexity index is 3240. The number of alkyl carbamates (subject to hydrolysis) is 2.